The largest absolute Gasteiger partial charge is 0.345 e. The first-order valence-corrected chi connectivity index (χ1v) is 9.64. The SMILES string of the molecule is C=C(NC(=O)N=C(C)c1ccc(C(C)(F)P)cc1)c1cc(CNC)ccc1Cl. The molecule has 0 radical (unpaired) electrons. The second kappa shape index (κ2) is 9.42. The number of hydrogen-bond acceptors (Lipinski definition) is 2. The van der Waals surface area contributed by atoms with Crippen LogP contribution in [-0.4, -0.2) is 18.8 Å². The Kier molecular flexibility index (Phi) is 7.48. The number of aliphatic imine (C=N–C) groups is 1. The molecule has 0 saturated carbocycles. The molecule has 0 bridgehead atoms. The molecule has 0 aliphatic rings. The van der Waals surface area contributed by atoms with Gasteiger partial charge in [0.2, 0.25) is 0 Å². The summed E-state index contributed by atoms with van der Waals surface area (Å²) < 4.78 is 13.9. The maximum absolute atomic E-state index is 13.9. The highest BCUT2D eigenvalue weighted by Crippen LogP contribution is 2.32. The van der Waals surface area contributed by atoms with Gasteiger partial charge in [0.05, 0.1) is 5.71 Å². The Hall–Kier alpha value is -2.07. The summed E-state index contributed by atoms with van der Waals surface area (Å²) in [5.41, 5.74) is 3.80. The van der Waals surface area contributed by atoms with E-state index >= 15 is 0 Å². The summed E-state index contributed by atoms with van der Waals surface area (Å²) in [6.07, 6.45) is 0. The first kappa shape index (κ1) is 22.2. The molecule has 0 fully saturated rings. The van der Waals surface area contributed by atoms with Gasteiger partial charge in [-0.15, -0.1) is 0 Å². The van der Waals surface area contributed by atoms with E-state index in [1.807, 2.05) is 19.2 Å². The van der Waals surface area contributed by atoms with Crippen LogP contribution >= 0.6 is 20.8 Å². The predicted octanol–water partition coefficient (Wildman–Crippen LogP) is 5.27. The minimum atomic E-state index is -1.50. The summed E-state index contributed by atoms with van der Waals surface area (Å²) in [6, 6.07) is 11.8. The quantitative estimate of drug-likeness (QED) is 0.495. The van der Waals surface area contributed by atoms with Gasteiger partial charge in [0, 0.05) is 22.8 Å². The number of nitrogens with zero attached hydrogens (tertiary/aromatic N) is 1. The van der Waals surface area contributed by atoms with Crippen LogP contribution in [0.4, 0.5) is 9.18 Å². The van der Waals surface area contributed by atoms with E-state index in [0.29, 0.717) is 34.1 Å². The van der Waals surface area contributed by atoms with Crippen molar-refractivity contribution in [2.45, 2.75) is 25.8 Å². The van der Waals surface area contributed by atoms with E-state index in [1.54, 1.807) is 37.3 Å². The second-order valence-corrected chi connectivity index (χ2v) is 8.09. The number of carbonyl (C=O) groups is 1. The topological polar surface area (TPSA) is 53.5 Å². The van der Waals surface area contributed by atoms with E-state index < -0.39 is 11.4 Å². The molecule has 0 spiro atoms. The monoisotopic (exact) mass is 419 g/mol. The van der Waals surface area contributed by atoms with Crippen molar-refractivity contribution in [3.05, 3.63) is 76.3 Å². The fraction of sp³-hybridized carbons (Fsp3) is 0.238. The van der Waals surface area contributed by atoms with E-state index in [9.17, 15) is 9.18 Å². The highest BCUT2D eigenvalue weighted by atomic mass is 35.5. The molecule has 2 aromatic carbocycles. The molecule has 2 N–H and O–H groups in total. The molecule has 7 heteroatoms. The first-order chi connectivity index (χ1) is 13.1. The van der Waals surface area contributed by atoms with Crippen LogP contribution in [0, 0.1) is 0 Å². The lowest BCUT2D eigenvalue weighted by molar-refractivity contribution is 0.253. The molecule has 2 atom stereocenters. The fourth-order valence-electron chi connectivity index (χ4n) is 2.60. The van der Waals surface area contributed by atoms with Gasteiger partial charge in [-0.1, -0.05) is 57.8 Å². The van der Waals surface area contributed by atoms with Gasteiger partial charge in [0.25, 0.3) is 0 Å². The smallest absolute Gasteiger partial charge is 0.316 e. The molecule has 0 aromatic heterocycles. The van der Waals surface area contributed by atoms with E-state index in [1.165, 1.54) is 6.92 Å². The van der Waals surface area contributed by atoms with Crippen LogP contribution in [-0.2, 0) is 12.0 Å². The number of urea groups is 1. The number of rotatable bonds is 6. The third-order valence-corrected chi connectivity index (χ3v) is 4.79. The van der Waals surface area contributed by atoms with Crippen LogP contribution in [0.15, 0.2) is 54.0 Å². The van der Waals surface area contributed by atoms with Crippen LogP contribution in [0.5, 0.6) is 0 Å². The van der Waals surface area contributed by atoms with E-state index in [4.69, 9.17) is 11.6 Å². The van der Waals surface area contributed by atoms with Crippen LogP contribution in [0.2, 0.25) is 5.02 Å². The van der Waals surface area contributed by atoms with Gasteiger partial charge in [0.1, 0.15) is 5.41 Å². The van der Waals surface area contributed by atoms with Gasteiger partial charge in [-0.25, -0.2) is 9.18 Å². The molecule has 2 aromatic rings. The molecule has 4 nitrogen and oxygen atoms in total. The summed E-state index contributed by atoms with van der Waals surface area (Å²) in [7, 11) is 4.00. The van der Waals surface area contributed by atoms with Crippen molar-refractivity contribution < 1.29 is 9.18 Å². The Morgan fingerprint density at radius 3 is 2.50 bits per heavy atom. The van der Waals surface area contributed by atoms with Crippen molar-refractivity contribution >= 4 is 38.3 Å². The standard InChI is InChI=1S/C21H24ClFN3OP/c1-13(16-6-8-17(9-7-16)21(3,23)28)25-20(27)26-14(2)18-11-15(12-24-4)5-10-19(18)22/h5-11,24H,2,12,28H2,1,3-4H3,(H,26,27). The Labute approximate surface area is 172 Å². The molecule has 2 unspecified atom stereocenters. The summed E-state index contributed by atoms with van der Waals surface area (Å²) in [5.74, 6) is 0. The summed E-state index contributed by atoms with van der Waals surface area (Å²) in [4.78, 5) is 16.3. The average molecular weight is 420 g/mol. The lowest BCUT2D eigenvalue weighted by atomic mass is 10.1. The lowest BCUT2D eigenvalue weighted by Crippen LogP contribution is -2.19. The second-order valence-electron chi connectivity index (χ2n) is 6.60. The third-order valence-electron chi connectivity index (χ3n) is 4.13. The molecule has 0 aliphatic heterocycles. The van der Waals surface area contributed by atoms with E-state index in [-0.39, 0.29) is 0 Å². The molecular weight excluding hydrogens is 396 g/mol. The molecule has 0 aliphatic carbocycles. The van der Waals surface area contributed by atoms with Gasteiger partial charge in [0.15, 0.2) is 0 Å². The normalized spacial score (nSPS) is 13.7. The van der Waals surface area contributed by atoms with E-state index in [2.05, 4.69) is 31.4 Å². The maximum Gasteiger partial charge on any atom is 0.345 e. The van der Waals surface area contributed by atoms with Gasteiger partial charge in [-0.3, -0.25) is 0 Å². The highest BCUT2D eigenvalue weighted by Gasteiger charge is 2.18. The Bertz CT molecular complexity index is 905. The van der Waals surface area contributed by atoms with Crippen LogP contribution < -0.4 is 10.6 Å². The Morgan fingerprint density at radius 1 is 1.29 bits per heavy atom. The van der Waals surface area contributed by atoms with Crippen molar-refractivity contribution in [1.29, 1.82) is 0 Å². The van der Waals surface area contributed by atoms with Crippen LogP contribution in [0.25, 0.3) is 5.70 Å². The predicted molar refractivity (Wildman–Crippen MR) is 119 cm³/mol. The number of hydrogen-bond donors (Lipinski definition) is 2. The first-order valence-electron chi connectivity index (χ1n) is 8.69. The van der Waals surface area contributed by atoms with Gasteiger partial charge in [-0.2, -0.15) is 4.99 Å². The van der Waals surface area contributed by atoms with Crippen LogP contribution in [0.3, 0.4) is 0 Å². The summed E-state index contributed by atoms with van der Waals surface area (Å²) in [6.45, 7) is 7.75. The number of alkyl halides is 1. The zero-order valence-corrected chi connectivity index (χ0v) is 18.1. The molecule has 0 saturated heterocycles. The molecular formula is C21H24ClFN3OP. The van der Waals surface area contributed by atoms with Crippen molar-refractivity contribution in [1.82, 2.24) is 10.6 Å². The van der Waals surface area contributed by atoms with Crippen LogP contribution in [0.1, 0.15) is 36.1 Å². The van der Waals surface area contributed by atoms with Crippen molar-refractivity contribution in [3.63, 3.8) is 0 Å². The fourth-order valence-corrected chi connectivity index (χ4v) is 3.02. The molecule has 2 amide bonds. The van der Waals surface area contributed by atoms with Crippen molar-refractivity contribution in [2.24, 2.45) is 4.99 Å². The lowest BCUT2D eigenvalue weighted by Gasteiger charge is -2.14. The number of nitrogens with one attached hydrogen (secondary N) is 2. The molecule has 0 heterocycles. The molecule has 148 valence electrons. The minimum Gasteiger partial charge on any atom is -0.316 e. The number of benzene rings is 2. The number of halogens is 2. The summed E-state index contributed by atoms with van der Waals surface area (Å²) >= 11 is 6.23. The Balaban J connectivity index is 2.12. The van der Waals surface area contributed by atoms with E-state index in [0.717, 1.165) is 11.1 Å². The highest BCUT2D eigenvalue weighted by molar-refractivity contribution is 7.18. The number of amides is 2. The minimum absolute atomic E-state index is 0.371. The number of carbonyl (C=O) groups excluding carboxylic acids is 1. The van der Waals surface area contributed by atoms with Gasteiger partial charge < -0.3 is 10.6 Å². The van der Waals surface area contributed by atoms with Gasteiger partial charge >= 0.3 is 6.03 Å². The van der Waals surface area contributed by atoms with Crippen molar-refractivity contribution in [2.75, 3.05) is 7.05 Å². The van der Waals surface area contributed by atoms with Gasteiger partial charge in [-0.05, 0) is 49.7 Å². The zero-order valence-electron chi connectivity index (χ0n) is 16.1. The summed E-state index contributed by atoms with van der Waals surface area (Å²) in [5, 5.41) is 4.71. The average Bonchev–Trinajstić information content (AvgIpc) is 2.62. The Morgan fingerprint density at radius 2 is 1.93 bits per heavy atom. The molecule has 28 heavy (non-hydrogen) atoms. The van der Waals surface area contributed by atoms with Crippen molar-refractivity contribution in [3.8, 4) is 0 Å². The zero-order chi connectivity index (χ0) is 20.9. The maximum atomic E-state index is 13.9. The molecule has 2 rings (SSSR count). The third kappa shape index (κ3) is 5.96.